The van der Waals surface area contributed by atoms with E-state index < -0.39 is 0 Å². The topological polar surface area (TPSA) is 25.8 Å². The molecule has 0 saturated heterocycles. The Hall–Kier alpha value is -0.897. The van der Waals surface area contributed by atoms with Gasteiger partial charge in [-0.2, -0.15) is 0 Å². The van der Waals surface area contributed by atoms with Gasteiger partial charge in [0.15, 0.2) is 0 Å². The first kappa shape index (κ1) is 17.5. The van der Waals surface area contributed by atoms with Crippen LogP contribution in [-0.2, 0) is 19.5 Å². The standard InChI is InChI=1S/C17H12Br2N2.Ru/c18-13-8-4-10-20-16(13)15(12-6-2-1-3-7-12)17-14(19)9-5-11-21-17;/h1-11,15H;. The van der Waals surface area contributed by atoms with Crippen LogP contribution in [0.5, 0.6) is 0 Å². The van der Waals surface area contributed by atoms with E-state index >= 15 is 0 Å². The minimum Gasteiger partial charge on any atom is -0.259 e. The summed E-state index contributed by atoms with van der Waals surface area (Å²) in [6, 6.07) is 18.2. The van der Waals surface area contributed by atoms with Gasteiger partial charge in [0.25, 0.3) is 0 Å². The van der Waals surface area contributed by atoms with Crippen LogP contribution in [0.4, 0.5) is 0 Å². The van der Waals surface area contributed by atoms with E-state index in [-0.39, 0.29) is 25.4 Å². The van der Waals surface area contributed by atoms with Crippen molar-refractivity contribution < 1.29 is 19.5 Å². The van der Waals surface area contributed by atoms with Crippen LogP contribution in [0, 0.1) is 0 Å². The molecule has 0 aliphatic heterocycles. The van der Waals surface area contributed by atoms with E-state index in [1.54, 1.807) is 0 Å². The van der Waals surface area contributed by atoms with Gasteiger partial charge in [-0.3, -0.25) is 9.97 Å². The summed E-state index contributed by atoms with van der Waals surface area (Å²) in [6.45, 7) is 0. The van der Waals surface area contributed by atoms with Gasteiger partial charge in [-0.25, -0.2) is 0 Å². The van der Waals surface area contributed by atoms with Crippen molar-refractivity contribution in [1.29, 1.82) is 0 Å². The van der Waals surface area contributed by atoms with Crippen LogP contribution in [0.3, 0.4) is 0 Å². The third-order valence-electron chi connectivity index (χ3n) is 3.25. The summed E-state index contributed by atoms with van der Waals surface area (Å²) >= 11 is 7.22. The minimum absolute atomic E-state index is 0. The largest absolute Gasteiger partial charge is 0.259 e. The van der Waals surface area contributed by atoms with Gasteiger partial charge in [0.05, 0.1) is 17.3 Å². The molecule has 5 heteroatoms. The van der Waals surface area contributed by atoms with Crippen molar-refractivity contribution in [3.8, 4) is 0 Å². The molecule has 2 nitrogen and oxygen atoms in total. The van der Waals surface area contributed by atoms with E-state index in [4.69, 9.17) is 0 Å². The van der Waals surface area contributed by atoms with Crippen LogP contribution in [0.15, 0.2) is 75.9 Å². The molecule has 2 aromatic heterocycles. The molecule has 0 atom stereocenters. The van der Waals surface area contributed by atoms with Crippen molar-refractivity contribution >= 4 is 31.9 Å². The van der Waals surface area contributed by atoms with E-state index in [9.17, 15) is 0 Å². The third kappa shape index (κ3) is 3.71. The molecule has 112 valence electrons. The second-order valence-corrected chi connectivity index (χ2v) is 6.29. The molecule has 0 aliphatic carbocycles. The molecule has 3 rings (SSSR count). The Morgan fingerprint density at radius 1 is 0.682 bits per heavy atom. The van der Waals surface area contributed by atoms with Crippen LogP contribution in [0.2, 0.25) is 0 Å². The molecule has 0 N–H and O–H groups in total. The number of hydrogen-bond donors (Lipinski definition) is 0. The van der Waals surface area contributed by atoms with Crippen LogP contribution >= 0.6 is 31.9 Å². The van der Waals surface area contributed by atoms with Crippen LogP contribution in [-0.4, -0.2) is 9.97 Å². The first-order valence-electron chi connectivity index (χ1n) is 6.53. The number of rotatable bonds is 3. The molecule has 22 heavy (non-hydrogen) atoms. The molecule has 1 aromatic carbocycles. The van der Waals surface area contributed by atoms with E-state index in [1.807, 2.05) is 54.9 Å². The second kappa shape index (κ2) is 8.10. The zero-order chi connectivity index (χ0) is 14.7. The van der Waals surface area contributed by atoms with Gasteiger partial charge in [-0.15, -0.1) is 0 Å². The van der Waals surface area contributed by atoms with Gasteiger partial charge >= 0.3 is 0 Å². The molecular weight excluding hydrogens is 493 g/mol. The summed E-state index contributed by atoms with van der Waals surface area (Å²) in [5, 5.41) is 0. The van der Waals surface area contributed by atoms with Gasteiger partial charge in [0.1, 0.15) is 0 Å². The quantitative estimate of drug-likeness (QED) is 0.459. The second-order valence-electron chi connectivity index (χ2n) is 4.58. The maximum atomic E-state index is 4.56. The SMILES string of the molecule is Brc1cccnc1C(c1ccccc1)c1ncccc1Br.[Ru]. The average Bonchev–Trinajstić information content (AvgIpc) is 2.52. The fourth-order valence-corrected chi connectivity index (χ4v) is 3.28. The molecule has 0 aliphatic rings. The maximum absolute atomic E-state index is 4.56. The first-order chi connectivity index (χ1) is 10.3. The molecule has 0 fully saturated rings. The molecular formula is C17H12Br2N2Ru. The average molecular weight is 505 g/mol. The summed E-state index contributed by atoms with van der Waals surface area (Å²) in [5.74, 6) is -0.0163. The smallest absolute Gasteiger partial charge is 0.0708 e. The maximum Gasteiger partial charge on any atom is 0.0708 e. The zero-order valence-electron chi connectivity index (χ0n) is 11.4. The van der Waals surface area contributed by atoms with Crippen molar-refractivity contribution in [2.45, 2.75) is 5.92 Å². The molecule has 0 amide bonds. The minimum atomic E-state index is -0.0163. The van der Waals surface area contributed by atoms with Crippen molar-refractivity contribution in [3.05, 3.63) is 92.9 Å². The molecule has 0 bridgehead atoms. The van der Waals surface area contributed by atoms with E-state index in [0.29, 0.717) is 0 Å². The van der Waals surface area contributed by atoms with Crippen LogP contribution < -0.4 is 0 Å². The van der Waals surface area contributed by atoms with E-state index in [0.717, 1.165) is 25.9 Å². The Balaban J connectivity index is 0.00000176. The summed E-state index contributed by atoms with van der Waals surface area (Å²) in [5.41, 5.74) is 3.09. The van der Waals surface area contributed by atoms with Crippen molar-refractivity contribution in [2.75, 3.05) is 0 Å². The van der Waals surface area contributed by atoms with Gasteiger partial charge in [0.2, 0.25) is 0 Å². The van der Waals surface area contributed by atoms with Crippen molar-refractivity contribution in [2.24, 2.45) is 0 Å². The Morgan fingerprint density at radius 3 is 1.64 bits per heavy atom. The van der Waals surface area contributed by atoms with Crippen molar-refractivity contribution in [1.82, 2.24) is 9.97 Å². The predicted octanol–water partition coefficient (Wildman–Crippen LogP) is 5.18. The van der Waals surface area contributed by atoms with Crippen LogP contribution in [0.1, 0.15) is 22.9 Å². The van der Waals surface area contributed by atoms with E-state index in [2.05, 4.69) is 54.0 Å². The molecule has 2 heterocycles. The summed E-state index contributed by atoms with van der Waals surface area (Å²) in [4.78, 5) is 9.13. The zero-order valence-corrected chi connectivity index (χ0v) is 16.3. The molecule has 0 spiro atoms. The summed E-state index contributed by atoms with van der Waals surface area (Å²) < 4.78 is 1.97. The monoisotopic (exact) mass is 504 g/mol. The number of nitrogens with zero attached hydrogens (tertiary/aromatic N) is 2. The van der Waals surface area contributed by atoms with E-state index in [1.165, 1.54) is 0 Å². The van der Waals surface area contributed by atoms with Crippen molar-refractivity contribution in [3.63, 3.8) is 0 Å². The first-order valence-corrected chi connectivity index (χ1v) is 8.11. The molecule has 0 radical (unpaired) electrons. The van der Waals surface area contributed by atoms with Gasteiger partial charge in [-0.1, -0.05) is 30.3 Å². The number of benzene rings is 1. The number of hydrogen-bond acceptors (Lipinski definition) is 2. The number of aromatic nitrogens is 2. The van der Waals surface area contributed by atoms with Gasteiger partial charge in [-0.05, 0) is 61.7 Å². The Bertz CT molecular complexity index is 705. The Morgan fingerprint density at radius 2 is 1.18 bits per heavy atom. The van der Waals surface area contributed by atoms with Crippen LogP contribution in [0.25, 0.3) is 0 Å². The summed E-state index contributed by atoms with van der Waals surface area (Å²) in [6.07, 6.45) is 3.62. The fourth-order valence-electron chi connectivity index (χ4n) is 2.31. The molecule has 3 aromatic rings. The predicted molar refractivity (Wildman–Crippen MR) is 91.3 cm³/mol. The van der Waals surface area contributed by atoms with Gasteiger partial charge in [0, 0.05) is 40.8 Å². The summed E-state index contributed by atoms with van der Waals surface area (Å²) in [7, 11) is 0. The number of halogens is 2. The fraction of sp³-hybridized carbons (Fsp3) is 0.0588. The van der Waals surface area contributed by atoms with Gasteiger partial charge < -0.3 is 0 Å². The normalized spacial score (nSPS) is 10.3. The molecule has 0 unspecified atom stereocenters. The third-order valence-corrected chi connectivity index (χ3v) is 4.59. The molecule has 0 saturated carbocycles. The Labute approximate surface area is 159 Å². The number of pyridine rings is 2. The Kier molecular flexibility index (Phi) is 6.42.